The minimum absolute atomic E-state index is 0.0405. The number of β-amino-alcohol motifs (C(OH)–C–C–N with tert-alkyl or cyclic N) is 1. The first kappa shape index (κ1) is 48.9. The molecule has 0 spiro atoms. The van der Waals surface area contributed by atoms with Crippen molar-refractivity contribution < 1.29 is 62.4 Å². The summed E-state index contributed by atoms with van der Waals surface area (Å²) in [5.74, 6) is -4.43. The summed E-state index contributed by atoms with van der Waals surface area (Å²) in [5, 5.41) is 15.6. The van der Waals surface area contributed by atoms with E-state index in [1.807, 2.05) is 11.8 Å². The van der Waals surface area contributed by atoms with E-state index in [2.05, 4.69) is 10.6 Å². The smallest absolute Gasteiger partial charge is 0.411 e. The Morgan fingerprint density at radius 3 is 2.09 bits per heavy atom. The van der Waals surface area contributed by atoms with Gasteiger partial charge in [-0.25, -0.2) is 19.2 Å². The highest BCUT2D eigenvalue weighted by Crippen LogP contribution is 2.27. The number of likely N-dealkylation sites (N-methyl/N-ethyl adjacent to an activating group) is 1. The van der Waals surface area contributed by atoms with Gasteiger partial charge in [0.2, 0.25) is 17.7 Å². The molecule has 3 aliphatic heterocycles. The molecule has 0 saturated carbocycles. The summed E-state index contributed by atoms with van der Waals surface area (Å²) >= 11 is 0. The predicted molar refractivity (Wildman–Crippen MR) is 228 cm³/mol. The van der Waals surface area contributed by atoms with Crippen LogP contribution in [0.3, 0.4) is 0 Å². The maximum atomic E-state index is 14.1. The Morgan fingerprint density at radius 2 is 1.44 bits per heavy atom. The van der Waals surface area contributed by atoms with Crippen molar-refractivity contribution in [2.75, 3.05) is 46.4 Å². The van der Waals surface area contributed by atoms with Crippen LogP contribution < -0.4 is 10.6 Å². The first-order valence-electron chi connectivity index (χ1n) is 21.4. The van der Waals surface area contributed by atoms with Crippen LogP contribution in [-0.2, 0) is 49.5 Å². The van der Waals surface area contributed by atoms with E-state index in [0.717, 1.165) is 0 Å². The number of Topliss-reactive ketones (excluding diaryl/α,β-unsaturated/α-hetero) is 1. The van der Waals surface area contributed by atoms with Crippen molar-refractivity contribution in [2.45, 2.75) is 109 Å². The number of nitrogens with one attached hydrogen (secondary N) is 2. The zero-order valence-electron chi connectivity index (χ0n) is 37.4. The molecule has 2 aromatic carbocycles. The summed E-state index contributed by atoms with van der Waals surface area (Å²) in [7, 11) is 1.78. The van der Waals surface area contributed by atoms with Crippen molar-refractivity contribution in [3.8, 4) is 0 Å². The summed E-state index contributed by atoms with van der Waals surface area (Å²) in [6.45, 7) is 9.59. The molecule has 0 bridgehead atoms. The van der Waals surface area contributed by atoms with E-state index in [-0.39, 0.29) is 51.5 Å². The van der Waals surface area contributed by atoms with Gasteiger partial charge >= 0.3 is 24.1 Å². The molecule has 2 aromatic rings. The second-order valence-corrected chi connectivity index (χ2v) is 17.6. The van der Waals surface area contributed by atoms with Gasteiger partial charge in [-0.15, -0.1) is 0 Å². The van der Waals surface area contributed by atoms with Gasteiger partial charge < -0.3 is 49.4 Å². The molecule has 64 heavy (non-hydrogen) atoms. The van der Waals surface area contributed by atoms with Gasteiger partial charge in [-0.2, -0.15) is 0 Å². The molecule has 19 nitrogen and oxygen atoms in total. The van der Waals surface area contributed by atoms with Crippen LogP contribution in [0.25, 0.3) is 0 Å². The molecule has 19 heteroatoms. The Morgan fingerprint density at radius 1 is 0.781 bits per heavy atom. The molecular weight excluding hydrogens is 833 g/mol. The van der Waals surface area contributed by atoms with Crippen LogP contribution in [0.15, 0.2) is 60.7 Å². The van der Waals surface area contributed by atoms with Gasteiger partial charge in [0.1, 0.15) is 42.5 Å². The standard InChI is InChI=1S/C45H60N6O13/c1-27-20-34(41(57)63-29(3)37(47-43(59)62-25-30-14-10-8-11-15-30)42(58)61-26-36(53)31-16-12-9-13-17-31)50(22-27)39(55)28(2)46-38(54)35-24-48(7)18-19-49(35)40(56)33-21-32(52)23-51(33)44(60)64-45(4,5)6/h8-17,27-29,32-35,37,52H,18-26H2,1-7H3,(H,46,54)(H,47,59)/t27-,28+,29+,32-,33+,34+,35+,37+/m1/s1. The number of aliphatic hydroxyl groups is 1. The average molecular weight is 893 g/mol. The third-order valence-corrected chi connectivity index (χ3v) is 11.1. The molecule has 5 rings (SSSR count). The van der Waals surface area contributed by atoms with Gasteiger partial charge in [0.25, 0.3) is 0 Å². The number of benzene rings is 2. The van der Waals surface area contributed by atoms with Crippen LogP contribution in [0.4, 0.5) is 9.59 Å². The van der Waals surface area contributed by atoms with E-state index < -0.39 is 102 Å². The number of ketones is 1. The molecule has 0 aliphatic carbocycles. The van der Waals surface area contributed by atoms with E-state index in [1.165, 1.54) is 28.5 Å². The molecule has 8 atom stereocenters. The quantitative estimate of drug-likeness (QED) is 0.140. The van der Waals surface area contributed by atoms with Crippen molar-refractivity contribution in [3.63, 3.8) is 0 Å². The highest BCUT2D eigenvalue weighted by molar-refractivity contribution is 5.98. The van der Waals surface area contributed by atoms with Crippen LogP contribution in [0.5, 0.6) is 0 Å². The Labute approximate surface area is 372 Å². The third-order valence-electron chi connectivity index (χ3n) is 11.1. The third kappa shape index (κ3) is 13.0. The van der Waals surface area contributed by atoms with Crippen LogP contribution in [0, 0.1) is 5.92 Å². The van der Waals surface area contributed by atoms with Gasteiger partial charge in [-0.3, -0.25) is 24.1 Å². The van der Waals surface area contributed by atoms with Crippen LogP contribution >= 0.6 is 0 Å². The summed E-state index contributed by atoms with van der Waals surface area (Å²) in [5.41, 5.74) is 0.111. The van der Waals surface area contributed by atoms with Crippen molar-refractivity contribution in [1.82, 2.24) is 30.2 Å². The molecule has 0 radical (unpaired) electrons. The Bertz CT molecular complexity index is 2010. The lowest BCUT2D eigenvalue weighted by Gasteiger charge is -2.41. The van der Waals surface area contributed by atoms with Crippen molar-refractivity contribution >= 4 is 47.6 Å². The van der Waals surface area contributed by atoms with Crippen molar-refractivity contribution in [2.24, 2.45) is 5.92 Å². The molecule has 3 aliphatic rings. The number of likely N-dealkylation sites (tertiary alicyclic amines) is 2. The number of alkyl carbamates (subject to hydrolysis) is 1. The summed E-state index contributed by atoms with van der Waals surface area (Å²) in [6.07, 6.45) is -3.99. The van der Waals surface area contributed by atoms with Gasteiger partial charge in [0, 0.05) is 38.2 Å². The van der Waals surface area contributed by atoms with E-state index in [0.29, 0.717) is 17.7 Å². The lowest BCUT2D eigenvalue weighted by atomic mass is 10.1. The fourth-order valence-corrected chi connectivity index (χ4v) is 7.83. The Balaban J connectivity index is 1.25. The van der Waals surface area contributed by atoms with Crippen LogP contribution in [0.1, 0.15) is 70.3 Å². The van der Waals surface area contributed by atoms with E-state index in [9.17, 15) is 43.5 Å². The fraction of sp³-hybridized carbons (Fsp3) is 0.556. The van der Waals surface area contributed by atoms with Crippen LogP contribution in [0.2, 0.25) is 0 Å². The number of esters is 2. The monoisotopic (exact) mass is 892 g/mol. The molecule has 348 valence electrons. The highest BCUT2D eigenvalue weighted by Gasteiger charge is 2.47. The first-order chi connectivity index (χ1) is 30.2. The van der Waals surface area contributed by atoms with Crippen LogP contribution in [-0.4, -0.2) is 167 Å². The molecule has 3 heterocycles. The number of rotatable bonds is 14. The average Bonchev–Trinajstić information content (AvgIpc) is 3.85. The number of piperazine rings is 1. The summed E-state index contributed by atoms with van der Waals surface area (Å²) in [6, 6.07) is 10.8. The summed E-state index contributed by atoms with van der Waals surface area (Å²) in [4.78, 5) is 114. The van der Waals surface area contributed by atoms with Gasteiger partial charge in [-0.1, -0.05) is 67.6 Å². The van der Waals surface area contributed by atoms with E-state index >= 15 is 0 Å². The molecule has 0 unspecified atom stereocenters. The molecule has 3 fully saturated rings. The topological polar surface area (TPSA) is 231 Å². The normalized spacial score (nSPS) is 22.7. The Hall–Kier alpha value is -6.08. The summed E-state index contributed by atoms with van der Waals surface area (Å²) < 4.78 is 21.8. The first-order valence-corrected chi connectivity index (χ1v) is 21.4. The minimum Gasteiger partial charge on any atom is -0.458 e. The Kier molecular flexibility index (Phi) is 16.5. The lowest BCUT2D eigenvalue weighted by molar-refractivity contribution is -0.163. The second-order valence-electron chi connectivity index (χ2n) is 17.6. The SMILES string of the molecule is C[C@@H]1C[C@@H](C(=O)O[C@@H](C)[C@H](NC(=O)OCc2ccccc2)C(=O)OCC(=O)c2ccccc2)N(C(=O)[C@H](C)NC(=O)[C@@H]2CN(C)CCN2C(=O)[C@@H]2C[C@@H](O)CN2C(=O)OC(C)(C)C)C1. The number of carbonyl (C=O) groups excluding carboxylic acids is 8. The maximum Gasteiger partial charge on any atom is 0.411 e. The lowest BCUT2D eigenvalue weighted by Crippen LogP contribution is -2.64. The number of amides is 5. The fourth-order valence-electron chi connectivity index (χ4n) is 7.83. The maximum absolute atomic E-state index is 14.1. The largest absolute Gasteiger partial charge is 0.458 e. The number of ether oxygens (including phenoxy) is 4. The van der Waals surface area contributed by atoms with Gasteiger partial charge in [0.05, 0.1) is 12.6 Å². The van der Waals surface area contributed by atoms with Gasteiger partial charge in [-0.05, 0) is 59.6 Å². The van der Waals surface area contributed by atoms with Crippen molar-refractivity contribution in [1.29, 1.82) is 0 Å². The number of aliphatic hydroxyl groups excluding tert-OH is 1. The molecule has 3 N–H and O–H groups in total. The van der Waals surface area contributed by atoms with Gasteiger partial charge in [0.15, 0.2) is 18.4 Å². The van der Waals surface area contributed by atoms with Crippen molar-refractivity contribution in [3.05, 3.63) is 71.8 Å². The molecule has 3 saturated heterocycles. The number of hydrogen-bond donors (Lipinski definition) is 3. The molecule has 5 amide bonds. The highest BCUT2D eigenvalue weighted by atomic mass is 16.6. The molecule has 0 aromatic heterocycles. The van der Waals surface area contributed by atoms with E-state index in [4.69, 9.17) is 18.9 Å². The van der Waals surface area contributed by atoms with E-state index in [1.54, 1.807) is 88.5 Å². The number of carbonyl (C=O) groups is 8. The predicted octanol–water partition coefficient (Wildman–Crippen LogP) is 1.89. The number of hydrogen-bond acceptors (Lipinski definition) is 14. The second kappa shape index (κ2) is 21.5. The molecular formula is C45H60N6O13. The zero-order chi connectivity index (χ0) is 46.9. The zero-order valence-corrected chi connectivity index (χ0v) is 37.4. The number of nitrogens with zero attached hydrogens (tertiary/aromatic N) is 4. The minimum atomic E-state index is -1.63.